The maximum Gasteiger partial charge on any atom is 0.244 e. The van der Waals surface area contributed by atoms with Crippen LogP contribution in [0, 0.1) is 6.92 Å². The van der Waals surface area contributed by atoms with E-state index < -0.39 is 10.0 Å². The zero-order valence-electron chi connectivity index (χ0n) is 11.3. The SMILES string of the molecule is CCNCc1cc(S(=O)(=O)NCc2ccno2)c(C)o1. The monoisotopic (exact) mass is 299 g/mol. The third-order valence-electron chi connectivity index (χ3n) is 2.69. The van der Waals surface area contributed by atoms with Gasteiger partial charge in [-0.1, -0.05) is 12.1 Å². The molecule has 2 N–H and O–H groups in total. The zero-order valence-corrected chi connectivity index (χ0v) is 12.2. The number of nitrogens with one attached hydrogen (secondary N) is 2. The second kappa shape index (κ2) is 6.21. The summed E-state index contributed by atoms with van der Waals surface area (Å²) in [5.41, 5.74) is 0. The fourth-order valence-electron chi connectivity index (χ4n) is 1.70. The highest BCUT2D eigenvalue weighted by Crippen LogP contribution is 2.20. The van der Waals surface area contributed by atoms with Crippen molar-refractivity contribution in [2.45, 2.75) is 31.8 Å². The molecule has 0 aliphatic heterocycles. The molecule has 20 heavy (non-hydrogen) atoms. The molecule has 0 saturated heterocycles. The van der Waals surface area contributed by atoms with Crippen LogP contribution in [0.2, 0.25) is 0 Å². The van der Waals surface area contributed by atoms with Crippen LogP contribution in [-0.4, -0.2) is 20.1 Å². The van der Waals surface area contributed by atoms with E-state index in [9.17, 15) is 8.42 Å². The van der Waals surface area contributed by atoms with Gasteiger partial charge in [-0.05, 0) is 13.5 Å². The number of aryl methyl sites for hydroxylation is 1. The standard InChI is InChI=1S/C12H17N3O4S/c1-3-13-7-11-6-12(9(2)18-11)20(16,17)15-8-10-4-5-14-19-10/h4-6,13,15H,3,7-8H2,1-2H3. The topological polar surface area (TPSA) is 97.4 Å². The van der Waals surface area contributed by atoms with Gasteiger partial charge in [0.1, 0.15) is 16.4 Å². The Morgan fingerprint density at radius 3 is 2.75 bits per heavy atom. The van der Waals surface area contributed by atoms with Crippen LogP contribution in [0.3, 0.4) is 0 Å². The molecule has 2 aromatic heterocycles. The van der Waals surface area contributed by atoms with Crippen LogP contribution in [0.15, 0.2) is 32.2 Å². The summed E-state index contributed by atoms with van der Waals surface area (Å²) in [6, 6.07) is 3.13. The van der Waals surface area contributed by atoms with Crippen LogP contribution < -0.4 is 10.0 Å². The average molecular weight is 299 g/mol. The van der Waals surface area contributed by atoms with Gasteiger partial charge in [0, 0.05) is 12.1 Å². The van der Waals surface area contributed by atoms with Crippen LogP contribution in [-0.2, 0) is 23.1 Å². The number of sulfonamides is 1. The predicted molar refractivity (Wildman–Crippen MR) is 71.4 cm³/mol. The van der Waals surface area contributed by atoms with Crippen LogP contribution in [0.25, 0.3) is 0 Å². The van der Waals surface area contributed by atoms with E-state index in [0.717, 1.165) is 6.54 Å². The van der Waals surface area contributed by atoms with Gasteiger partial charge in [-0.25, -0.2) is 13.1 Å². The minimum atomic E-state index is -3.63. The van der Waals surface area contributed by atoms with Crippen molar-refractivity contribution >= 4 is 10.0 Å². The molecule has 0 fully saturated rings. The van der Waals surface area contributed by atoms with E-state index >= 15 is 0 Å². The van der Waals surface area contributed by atoms with Gasteiger partial charge in [0.15, 0.2) is 5.76 Å². The van der Waals surface area contributed by atoms with E-state index in [1.165, 1.54) is 12.3 Å². The molecule has 0 bridgehead atoms. The van der Waals surface area contributed by atoms with Crippen molar-refractivity contribution in [2.75, 3.05) is 6.54 Å². The molecule has 7 nitrogen and oxygen atoms in total. The van der Waals surface area contributed by atoms with Gasteiger partial charge in [-0.2, -0.15) is 0 Å². The third kappa shape index (κ3) is 3.47. The van der Waals surface area contributed by atoms with Gasteiger partial charge in [0.05, 0.1) is 19.3 Å². The normalized spacial score (nSPS) is 11.9. The molecule has 0 radical (unpaired) electrons. The van der Waals surface area contributed by atoms with Crippen molar-refractivity contribution < 1.29 is 17.4 Å². The molecule has 2 aromatic rings. The molecule has 0 aliphatic rings. The number of hydrogen-bond acceptors (Lipinski definition) is 6. The summed E-state index contributed by atoms with van der Waals surface area (Å²) >= 11 is 0. The molecule has 0 aliphatic carbocycles. The van der Waals surface area contributed by atoms with Crippen molar-refractivity contribution in [1.29, 1.82) is 0 Å². The lowest BCUT2D eigenvalue weighted by Crippen LogP contribution is -2.23. The lowest BCUT2D eigenvalue weighted by Gasteiger charge is -2.02. The summed E-state index contributed by atoms with van der Waals surface area (Å²) < 4.78 is 37.1. The molecule has 0 unspecified atom stereocenters. The largest absolute Gasteiger partial charge is 0.464 e. The number of nitrogens with zero attached hydrogens (tertiary/aromatic N) is 1. The van der Waals surface area contributed by atoms with E-state index in [0.29, 0.717) is 23.8 Å². The van der Waals surface area contributed by atoms with Crippen molar-refractivity contribution in [3.8, 4) is 0 Å². The van der Waals surface area contributed by atoms with Crippen molar-refractivity contribution in [3.05, 3.63) is 35.6 Å². The Morgan fingerprint density at radius 2 is 2.10 bits per heavy atom. The first-order chi connectivity index (χ1) is 9.53. The van der Waals surface area contributed by atoms with E-state index in [1.807, 2.05) is 6.92 Å². The van der Waals surface area contributed by atoms with Crippen molar-refractivity contribution in [2.24, 2.45) is 0 Å². The first-order valence-corrected chi connectivity index (χ1v) is 7.70. The Balaban J connectivity index is 2.10. The van der Waals surface area contributed by atoms with E-state index in [4.69, 9.17) is 8.94 Å². The average Bonchev–Trinajstić information content (AvgIpc) is 3.03. The summed E-state index contributed by atoms with van der Waals surface area (Å²) in [7, 11) is -3.63. The van der Waals surface area contributed by atoms with Crippen molar-refractivity contribution in [1.82, 2.24) is 15.2 Å². The van der Waals surface area contributed by atoms with Gasteiger partial charge < -0.3 is 14.3 Å². The fraction of sp³-hybridized carbons (Fsp3) is 0.417. The van der Waals surface area contributed by atoms with Crippen LogP contribution >= 0.6 is 0 Å². The van der Waals surface area contributed by atoms with E-state index in [-0.39, 0.29) is 11.4 Å². The molecule has 0 saturated carbocycles. The van der Waals surface area contributed by atoms with Crippen LogP contribution in [0.4, 0.5) is 0 Å². The van der Waals surface area contributed by atoms with Crippen LogP contribution in [0.5, 0.6) is 0 Å². The first-order valence-electron chi connectivity index (χ1n) is 6.22. The molecule has 0 atom stereocenters. The van der Waals surface area contributed by atoms with Gasteiger partial charge >= 0.3 is 0 Å². The summed E-state index contributed by atoms with van der Waals surface area (Å²) in [5.74, 6) is 1.40. The number of hydrogen-bond donors (Lipinski definition) is 2. The third-order valence-corrected chi connectivity index (χ3v) is 4.20. The highest BCUT2D eigenvalue weighted by Gasteiger charge is 2.21. The second-order valence-electron chi connectivity index (χ2n) is 4.22. The zero-order chi connectivity index (χ0) is 14.6. The molecule has 110 valence electrons. The molecule has 8 heteroatoms. The molecular formula is C12H17N3O4S. The lowest BCUT2D eigenvalue weighted by atomic mass is 10.4. The highest BCUT2D eigenvalue weighted by molar-refractivity contribution is 7.89. The van der Waals surface area contributed by atoms with Gasteiger partial charge in [-0.15, -0.1) is 0 Å². The maximum atomic E-state index is 12.2. The minimum Gasteiger partial charge on any atom is -0.464 e. The maximum absolute atomic E-state index is 12.2. The number of furan rings is 1. The quantitative estimate of drug-likeness (QED) is 0.796. The minimum absolute atomic E-state index is 0.0511. The molecule has 2 rings (SSSR count). The molecular weight excluding hydrogens is 282 g/mol. The number of aromatic nitrogens is 1. The number of rotatable bonds is 7. The summed E-state index contributed by atoms with van der Waals surface area (Å²) in [4.78, 5) is 0.143. The first kappa shape index (κ1) is 14.8. The molecule has 0 amide bonds. The Labute approximate surface area is 117 Å². The Bertz CT molecular complexity index is 646. The molecule has 0 aromatic carbocycles. The Hall–Kier alpha value is -1.64. The molecule has 2 heterocycles. The van der Waals surface area contributed by atoms with Crippen molar-refractivity contribution in [3.63, 3.8) is 0 Å². The lowest BCUT2D eigenvalue weighted by molar-refractivity contribution is 0.380. The van der Waals surface area contributed by atoms with E-state index in [1.54, 1.807) is 13.0 Å². The Morgan fingerprint density at radius 1 is 1.30 bits per heavy atom. The summed E-state index contributed by atoms with van der Waals surface area (Å²) in [6.07, 6.45) is 1.46. The predicted octanol–water partition coefficient (Wildman–Crippen LogP) is 1.16. The van der Waals surface area contributed by atoms with Gasteiger partial charge in [-0.3, -0.25) is 0 Å². The summed E-state index contributed by atoms with van der Waals surface area (Å²) in [6.45, 7) is 4.92. The summed E-state index contributed by atoms with van der Waals surface area (Å²) in [5, 5.41) is 6.59. The second-order valence-corrected chi connectivity index (χ2v) is 5.95. The smallest absolute Gasteiger partial charge is 0.244 e. The highest BCUT2D eigenvalue weighted by atomic mass is 32.2. The Kier molecular flexibility index (Phi) is 4.58. The fourth-order valence-corrected chi connectivity index (χ4v) is 2.90. The van der Waals surface area contributed by atoms with E-state index in [2.05, 4.69) is 15.2 Å². The molecule has 0 spiro atoms. The van der Waals surface area contributed by atoms with Gasteiger partial charge in [0.25, 0.3) is 0 Å². The van der Waals surface area contributed by atoms with Gasteiger partial charge in [0.2, 0.25) is 10.0 Å². The van der Waals surface area contributed by atoms with Crippen LogP contribution in [0.1, 0.15) is 24.2 Å².